The molecule has 1 amide bonds. The molecule has 1 aromatic carbocycles. The monoisotopic (exact) mass is 264 g/mol. The van der Waals surface area contributed by atoms with E-state index in [1.807, 2.05) is 0 Å². The van der Waals surface area contributed by atoms with E-state index in [4.69, 9.17) is 0 Å². The molecule has 2 aromatic rings. The van der Waals surface area contributed by atoms with Crippen molar-refractivity contribution in [2.75, 3.05) is 5.32 Å². The topological polar surface area (TPSA) is 62.0 Å². The molecule has 0 atom stereocenters. The van der Waals surface area contributed by atoms with Gasteiger partial charge in [0.2, 0.25) is 5.56 Å². The molecule has 4 nitrogen and oxygen atoms in total. The van der Waals surface area contributed by atoms with Crippen molar-refractivity contribution in [2.24, 2.45) is 0 Å². The molecule has 0 aliphatic carbocycles. The van der Waals surface area contributed by atoms with Crippen LogP contribution in [0.25, 0.3) is 0 Å². The fourth-order valence-corrected chi connectivity index (χ4v) is 1.60. The first-order chi connectivity index (χ1) is 8.95. The van der Waals surface area contributed by atoms with Crippen LogP contribution in [-0.2, 0) is 0 Å². The third-order valence-electron chi connectivity index (χ3n) is 2.42. The first kappa shape index (κ1) is 12.9. The molecule has 0 aliphatic heterocycles. The van der Waals surface area contributed by atoms with Gasteiger partial charge in [-0.25, -0.2) is 8.78 Å². The van der Waals surface area contributed by atoms with Crippen LogP contribution in [0.1, 0.15) is 16.1 Å². The lowest BCUT2D eigenvalue weighted by molar-refractivity contribution is 0.102. The van der Waals surface area contributed by atoms with Crippen LogP contribution in [0.3, 0.4) is 0 Å². The molecule has 19 heavy (non-hydrogen) atoms. The van der Waals surface area contributed by atoms with Crippen molar-refractivity contribution in [1.82, 2.24) is 4.98 Å². The van der Waals surface area contributed by atoms with E-state index in [9.17, 15) is 18.4 Å². The lowest BCUT2D eigenvalue weighted by Crippen LogP contribution is -2.17. The highest BCUT2D eigenvalue weighted by Gasteiger charge is 2.11. The molecule has 0 radical (unpaired) electrons. The van der Waals surface area contributed by atoms with Crippen LogP contribution in [0.2, 0.25) is 0 Å². The maximum Gasteiger partial charge on any atom is 0.256 e. The van der Waals surface area contributed by atoms with E-state index in [0.717, 1.165) is 18.2 Å². The molecule has 0 saturated carbocycles. The first-order valence-electron chi connectivity index (χ1n) is 5.43. The van der Waals surface area contributed by atoms with Crippen LogP contribution in [-0.4, -0.2) is 10.9 Å². The largest absolute Gasteiger partial charge is 0.326 e. The number of aromatic nitrogens is 1. The summed E-state index contributed by atoms with van der Waals surface area (Å²) in [4.78, 5) is 25.5. The van der Waals surface area contributed by atoms with E-state index < -0.39 is 23.1 Å². The van der Waals surface area contributed by atoms with Crippen LogP contribution in [0.4, 0.5) is 14.5 Å². The van der Waals surface area contributed by atoms with Gasteiger partial charge in [-0.15, -0.1) is 0 Å². The van der Waals surface area contributed by atoms with Crippen LogP contribution in [0, 0.1) is 18.6 Å². The van der Waals surface area contributed by atoms with Crippen LogP contribution in [0.15, 0.2) is 35.1 Å². The van der Waals surface area contributed by atoms with Crippen molar-refractivity contribution in [3.05, 3.63) is 63.6 Å². The Morgan fingerprint density at radius 3 is 2.58 bits per heavy atom. The number of carbonyl (C=O) groups excluding carboxylic acids is 1. The number of amides is 1. The predicted octanol–water partition coefficient (Wildman–Crippen LogP) is 2.21. The summed E-state index contributed by atoms with van der Waals surface area (Å²) in [5.41, 5.74) is 0.0382. The van der Waals surface area contributed by atoms with Gasteiger partial charge in [0.1, 0.15) is 11.6 Å². The molecule has 0 bridgehead atoms. The van der Waals surface area contributed by atoms with Gasteiger partial charge in [0.05, 0.1) is 5.69 Å². The number of pyridine rings is 1. The Labute approximate surface area is 107 Å². The number of hydrogen-bond donors (Lipinski definition) is 2. The van der Waals surface area contributed by atoms with Crippen molar-refractivity contribution in [3.63, 3.8) is 0 Å². The van der Waals surface area contributed by atoms with E-state index in [1.54, 1.807) is 6.92 Å². The molecule has 1 aromatic heterocycles. The minimum absolute atomic E-state index is 0.102. The highest BCUT2D eigenvalue weighted by molar-refractivity contribution is 6.04. The highest BCUT2D eigenvalue weighted by Crippen LogP contribution is 2.15. The Morgan fingerprint density at radius 2 is 1.95 bits per heavy atom. The van der Waals surface area contributed by atoms with Gasteiger partial charge in [-0.2, -0.15) is 0 Å². The molecule has 0 saturated heterocycles. The second-order valence-electron chi connectivity index (χ2n) is 3.99. The van der Waals surface area contributed by atoms with Crippen molar-refractivity contribution < 1.29 is 13.6 Å². The third kappa shape index (κ3) is 3.04. The second kappa shape index (κ2) is 5.01. The summed E-state index contributed by atoms with van der Waals surface area (Å²) in [6, 6.07) is 5.37. The summed E-state index contributed by atoms with van der Waals surface area (Å²) >= 11 is 0. The van der Waals surface area contributed by atoms with E-state index in [2.05, 4.69) is 10.3 Å². The molecule has 98 valence electrons. The Hall–Kier alpha value is -2.50. The van der Waals surface area contributed by atoms with E-state index in [0.29, 0.717) is 11.8 Å². The zero-order valence-electron chi connectivity index (χ0n) is 9.96. The summed E-state index contributed by atoms with van der Waals surface area (Å²) in [6.07, 6.45) is 0. The highest BCUT2D eigenvalue weighted by atomic mass is 19.1. The average molecular weight is 264 g/mol. The third-order valence-corrected chi connectivity index (χ3v) is 2.42. The summed E-state index contributed by atoms with van der Waals surface area (Å²) in [7, 11) is 0. The van der Waals surface area contributed by atoms with Gasteiger partial charge < -0.3 is 10.3 Å². The Bertz CT molecular complexity index is 695. The lowest BCUT2D eigenvalue weighted by Gasteiger charge is -2.06. The lowest BCUT2D eigenvalue weighted by atomic mass is 10.2. The molecular formula is C13H10F2N2O2. The van der Waals surface area contributed by atoms with Gasteiger partial charge >= 0.3 is 0 Å². The summed E-state index contributed by atoms with van der Waals surface area (Å²) in [5, 5.41) is 2.27. The standard InChI is InChI=1S/C13H10F2N2O2/c1-7-4-8(5-12(18)16-7)13(19)17-11-3-2-9(14)6-10(11)15/h2-6H,1H3,(H,16,18)(H,17,19). The minimum atomic E-state index is -0.880. The van der Waals surface area contributed by atoms with Crippen LogP contribution >= 0.6 is 0 Å². The fraction of sp³-hybridized carbons (Fsp3) is 0.0769. The van der Waals surface area contributed by atoms with Gasteiger partial charge in [0.25, 0.3) is 5.91 Å². The number of rotatable bonds is 2. The summed E-state index contributed by atoms with van der Waals surface area (Å²) < 4.78 is 26.1. The minimum Gasteiger partial charge on any atom is -0.326 e. The maximum absolute atomic E-state index is 13.4. The van der Waals surface area contributed by atoms with Crippen molar-refractivity contribution >= 4 is 11.6 Å². The number of H-pyrrole nitrogens is 1. The molecule has 0 spiro atoms. The van der Waals surface area contributed by atoms with Crippen molar-refractivity contribution in [3.8, 4) is 0 Å². The normalized spacial score (nSPS) is 10.3. The summed E-state index contributed by atoms with van der Waals surface area (Å²) in [6.45, 7) is 1.62. The Morgan fingerprint density at radius 1 is 1.21 bits per heavy atom. The maximum atomic E-state index is 13.4. The van der Waals surface area contributed by atoms with Gasteiger partial charge in [-0.1, -0.05) is 0 Å². The molecule has 0 unspecified atom stereocenters. The number of nitrogens with one attached hydrogen (secondary N) is 2. The number of anilines is 1. The Kier molecular flexibility index (Phi) is 3.41. The number of hydrogen-bond acceptors (Lipinski definition) is 2. The van der Waals surface area contributed by atoms with Gasteiger partial charge in [-0.05, 0) is 25.1 Å². The Balaban J connectivity index is 2.28. The van der Waals surface area contributed by atoms with E-state index in [-0.39, 0.29) is 11.3 Å². The van der Waals surface area contributed by atoms with Crippen molar-refractivity contribution in [2.45, 2.75) is 6.92 Å². The van der Waals surface area contributed by atoms with Crippen LogP contribution in [0.5, 0.6) is 0 Å². The second-order valence-corrected chi connectivity index (χ2v) is 3.99. The average Bonchev–Trinajstić information content (AvgIpc) is 2.31. The molecule has 6 heteroatoms. The summed E-state index contributed by atoms with van der Waals surface area (Å²) in [5.74, 6) is -2.25. The quantitative estimate of drug-likeness (QED) is 0.873. The molecule has 2 N–H and O–H groups in total. The molecular weight excluding hydrogens is 254 g/mol. The van der Waals surface area contributed by atoms with Crippen molar-refractivity contribution in [1.29, 1.82) is 0 Å². The molecule has 0 aliphatic rings. The number of halogens is 2. The predicted molar refractivity (Wildman–Crippen MR) is 66.1 cm³/mol. The zero-order chi connectivity index (χ0) is 14.0. The number of carbonyl (C=O) groups is 1. The molecule has 2 rings (SSSR count). The number of aryl methyl sites for hydroxylation is 1. The molecule has 1 heterocycles. The van der Waals surface area contributed by atoms with Crippen LogP contribution < -0.4 is 10.9 Å². The van der Waals surface area contributed by atoms with E-state index in [1.165, 1.54) is 6.07 Å². The number of benzene rings is 1. The fourth-order valence-electron chi connectivity index (χ4n) is 1.60. The SMILES string of the molecule is Cc1cc(C(=O)Nc2ccc(F)cc2F)cc(=O)[nH]1. The first-order valence-corrected chi connectivity index (χ1v) is 5.43. The van der Waals surface area contributed by atoms with Gasteiger partial charge in [0.15, 0.2) is 0 Å². The van der Waals surface area contributed by atoms with Gasteiger partial charge in [-0.3, -0.25) is 9.59 Å². The van der Waals surface area contributed by atoms with Gasteiger partial charge in [0, 0.05) is 23.4 Å². The molecule has 0 fully saturated rings. The zero-order valence-corrected chi connectivity index (χ0v) is 9.96. The number of aromatic amines is 1. The van der Waals surface area contributed by atoms with E-state index >= 15 is 0 Å². The smallest absolute Gasteiger partial charge is 0.256 e.